The molecule has 4 saturated carbocycles. The Morgan fingerprint density at radius 2 is 1.91 bits per heavy atom. The second-order valence-corrected chi connectivity index (χ2v) is 14.5. The van der Waals surface area contributed by atoms with Gasteiger partial charge in [0.15, 0.2) is 0 Å². The highest BCUT2D eigenvalue weighted by atomic mass is 32.1. The molecule has 4 aliphatic carbocycles. The van der Waals surface area contributed by atoms with Gasteiger partial charge in [-0.05, 0) is 105 Å². The Bertz CT molecular complexity index is 826. The Kier molecular flexibility index (Phi) is 6.55. The molecule has 6 rings (SSSR count). The van der Waals surface area contributed by atoms with E-state index in [-0.39, 0.29) is 24.2 Å². The number of nitrogens with two attached hydrogens (primary N) is 1. The van der Waals surface area contributed by atoms with Gasteiger partial charge in [0.1, 0.15) is 6.10 Å². The lowest BCUT2D eigenvalue weighted by molar-refractivity contribution is -0.155. The number of rotatable bonds is 2. The van der Waals surface area contributed by atoms with E-state index in [1.807, 2.05) is 0 Å². The quantitative estimate of drug-likeness (QED) is 0.379. The Labute approximate surface area is 217 Å². The molecular formula is C29H48N2O3S. The molecule has 3 N–H and O–H groups in total. The number of hydrogen-bond acceptors (Lipinski definition) is 6. The van der Waals surface area contributed by atoms with E-state index in [0.29, 0.717) is 34.6 Å². The van der Waals surface area contributed by atoms with E-state index in [1.54, 1.807) is 0 Å². The van der Waals surface area contributed by atoms with Crippen molar-refractivity contribution >= 4 is 18.6 Å². The molecular weight excluding hydrogens is 456 g/mol. The number of ether oxygens (including phenoxy) is 2. The molecule has 2 saturated heterocycles. The van der Waals surface area contributed by atoms with E-state index >= 15 is 0 Å². The topological polar surface area (TPSA) is 73.6 Å². The van der Waals surface area contributed by atoms with E-state index in [2.05, 4.69) is 26.1 Å². The summed E-state index contributed by atoms with van der Waals surface area (Å²) in [6.45, 7) is 8.64. The Balaban J connectivity index is 1.17. The third-order valence-corrected chi connectivity index (χ3v) is 12.7. The molecule has 0 aromatic carbocycles. The smallest absolute Gasteiger partial charge is 0.319 e. The van der Waals surface area contributed by atoms with Crippen molar-refractivity contribution in [1.29, 1.82) is 0 Å². The van der Waals surface area contributed by atoms with Crippen molar-refractivity contribution in [1.82, 2.24) is 5.32 Å². The molecule has 6 heteroatoms. The fourth-order valence-corrected chi connectivity index (χ4v) is 10.9. The normalized spacial score (nSPS) is 55.4. The molecule has 0 bridgehead atoms. The van der Waals surface area contributed by atoms with Crippen molar-refractivity contribution in [2.45, 2.75) is 114 Å². The van der Waals surface area contributed by atoms with Crippen LogP contribution in [0.4, 0.5) is 0 Å². The molecule has 2 heterocycles. The van der Waals surface area contributed by atoms with Gasteiger partial charge in [0.05, 0.1) is 18.2 Å². The predicted molar refractivity (Wildman–Crippen MR) is 141 cm³/mol. The Morgan fingerprint density at radius 3 is 2.71 bits per heavy atom. The lowest BCUT2D eigenvalue weighted by Crippen LogP contribution is -2.50. The van der Waals surface area contributed by atoms with Crippen LogP contribution in [0.5, 0.6) is 0 Å². The minimum Gasteiger partial charge on any atom is -0.461 e. The zero-order valence-electron chi connectivity index (χ0n) is 22.1. The lowest BCUT2D eigenvalue weighted by atomic mass is 9.52. The highest BCUT2D eigenvalue weighted by Gasteiger charge is 2.61. The number of carbonyl (C=O) groups is 1. The standard InChI is InChI=1S/C29H48N2O3S/c1-16-13-29(17(2)27-25(34-29)11-20(35)15-31-27)9-7-21-22-5-4-18-10-19(33-26(32)14-30)6-8-28(18,3)24(22)12-23(16)21/h16-25,27,31,35H,4-15,30H2,1-3H3/t16?,17-,18-,19-,20+,21+,22+,23?,24+,25-,27+,28+,29+/m1/s1. The second-order valence-electron chi connectivity index (χ2n) is 13.8. The predicted octanol–water partition coefficient (Wildman–Crippen LogP) is 4.58. The summed E-state index contributed by atoms with van der Waals surface area (Å²) in [7, 11) is 0. The van der Waals surface area contributed by atoms with Gasteiger partial charge in [0.25, 0.3) is 0 Å². The third-order valence-electron chi connectivity index (χ3n) is 12.3. The molecule has 2 aliphatic heterocycles. The van der Waals surface area contributed by atoms with Gasteiger partial charge in [0.2, 0.25) is 0 Å². The van der Waals surface area contributed by atoms with Crippen LogP contribution in [0.1, 0.15) is 85.0 Å². The highest BCUT2D eigenvalue weighted by Crippen LogP contribution is 2.66. The molecule has 0 radical (unpaired) electrons. The lowest BCUT2D eigenvalue weighted by Gasteiger charge is -2.54. The summed E-state index contributed by atoms with van der Waals surface area (Å²) < 4.78 is 12.7. The zero-order chi connectivity index (χ0) is 24.5. The van der Waals surface area contributed by atoms with Gasteiger partial charge >= 0.3 is 5.97 Å². The molecule has 5 nitrogen and oxygen atoms in total. The molecule has 6 aliphatic rings. The number of piperidine rings is 1. The number of fused-ring (bicyclic) bond motifs is 6. The van der Waals surface area contributed by atoms with E-state index in [4.69, 9.17) is 27.8 Å². The summed E-state index contributed by atoms with van der Waals surface area (Å²) in [5.41, 5.74) is 5.98. The summed E-state index contributed by atoms with van der Waals surface area (Å²) >= 11 is 4.77. The van der Waals surface area contributed by atoms with Gasteiger partial charge in [-0.3, -0.25) is 4.79 Å². The van der Waals surface area contributed by atoms with Crippen LogP contribution in [0.2, 0.25) is 0 Å². The number of hydrogen-bond donors (Lipinski definition) is 3. The van der Waals surface area contributed by atoms with Crippen LogP contribution in [0.15, 0.2) is 0 Å². The maximum Gasteiger partial charge on any atom is 0.319 e. The number of esters is 1. The average molecular weight is 505 g/mol. The van der Waals surface area contributed by atoms with Crippen molar-refractivity contribution in [3.05, 3.63) is 0 Å². The van der Waals surface area contributed by atoms with Crippen LogP contribution in [-0.4, -0.2) is 48.2 Å². The number of thiol groups is 1. The summed E-state index contributed by atoms with van der Waals surface area (Å²) in [6, 6.07) is 0.509. The summed E-state index contributed by atoms with van der Waals surface area (Å²) in [6.07, 6.45) is 12.7. The minimum atomic E-state index is -0.235. The number of carbonyl (C=O) groups excluding carboxylic acids is 1. The minimum absolute atomic E-state index is 0.000976. The summed E-state index contributed by atoms with van der Waals surface area (Å²) in [4.78, 5) is 11.8. The largest absolute Gasteiger partial charge is 0.461 e. The van der Waals surface area contributed by atoms with Crippen molar-refractivity contribution in [2.75, 3.05) is 13.1 Å². The molecule has 6 fully saturated rings. The monoisotopic (exact) mass is 504 g/mol. The zero-order valence-corrected chi connectivity index (χ0v) is 23.0. The summed E-state index contributed by atoms with van der Waals surface area (Å²) in [5, 5.41) is 4.22. The molecule has 0 aromatic rings. The van der Waals surface area contributed by atoms with E-state index in [9.17, 15) is 4.79 Å². The van der Waals surface area contributed by atoms with Crippen LogP contribution in [-0.2, 0) is 14.3 Å². The van der Waals surface area contributed by atoms with Crippen LogP contribution in [0.25, 0.3) is 0 Å². The molecule has 0 aromatic heterocycles. The molecule has 2 unspecified atom stereocenters. The van der Waals surface area contributed by atoms with Crippen LogP contribution < -0.4 is 11.1 Å². The molecule has 1 spiro atoms. The second kappa shape index (κ2) is 9.17. The van der Waals surface area contributed by atoms with Gasteiger partial charge in [-0.15, -0.1) is 0 Å². The first-order chi connectivity index (χ1) is 16.7. The van der Waals surface area contributed by atoms with Crippen molar-refractivity contribution in [2.24, 2.45) is 52.6 Å². The van der Waals surface area contributed by atoms with E-state index < -0.39 is 0 Å². The van der Waals surface area contributed by atoms with Gasteiger partial charge in [-0.1, -0.05) is 20.8 Å². The fraction of sp³-hybridized carbons (Fsp3) is 0.966. The van der Waals surface area contributed by atoms with Crippen molar-refractivity contribution in [3.8, 4) is 0 Å². The van der Waals surface area contributed by atoms with E-state index in [0.717, 1.165) is 55.4 Å². The maximum absolute atomic E-state index is 11.8. The summed E-state index contributed by atoms with van der Waals surface area (Å²) in [5.74, 6) is 5.20. The van der Waals surface area contributed by atoms with Gasteiger partial charge in [-0.25, -0.2) is 0 Å². The van der Waals surface area contributed by atoms with Crippen molar-refractivity contribution < 1.29 is 14.3 Å². The SMILES string of the molecule is CC1C[C@]2(CC[C@@H]3C1C[C@H]1[C@H]3CC[C@@H]3C[C@H](OC(=O)CN)CC[C@@]31C)O[C@@H]1C[C@H](S)CN[C@H]1[C@H]2C. The van der Waals surface area contributed by atoms with Gasteiger partial charge < -0.3 is 20.5 Å². The third kappa shape index (κ3) is 4.03. The first-order valence-electron chi connectivity index (χ1n) is 14.7. The van der Waals surface area contributed by atoms with Gasteiger partial charge in [-0.2, -0.15) is 12.6 Å². The van der Waals surface area contributed by atoms with Crippen LogP contribution >= 0.6 is 12.6 Å². The van der Waals surface area contributed by atoms with Gasteiger partial charge in [0, 0.05) is 23.8 Å². The fourth-order valence-electron chi connectivity index (χ4n) is 10.6. The van der Waals surface area contributed by atoms with Crippen LogP contribution in [0, 0.1) is 46.8 Å². The average Bonchev–Trinajstić information content (AvgIpc) is 3.29. The van der Waals surface area contributed by atoms with Crippen molar-refractivity contribution in [3.63, 3.8) is 0 Å². The Morgan fingerprint density at radius 1 is 1.09 bits per heavy atom. The number of nitrogens with one attached hydrogen (secondary N) is 1. The molecule has 198 valence electrons. The molecule has 0 amide bonds. The highest BCUT2D eigenvalue weighted by molar-refractivity contribution is 7.81. The van der Waals surface area contributed by atoms with E-state index in [1.165, 1.54) is 44.9 Å². The maximum atomic E-state index is 11.8. The molecule has 35 heavy (non-hydrogen) atoms. The first-order valence-corrected chi connectivity index (χ1v) is 15.2. The van der Waals surface area contributed by atoms with Crippen LogP contribution in [0.3, 0.4) is 0 Å². The first kappa shape index (κ1) is 25.0. The Hall–Kier alpha value is -0.300. The molecule has 13 atom stereocenters.